The fraction of sp³-hybridized carbons (Fsp3) is 0.556. The van der Waals surface area contributed by atoms with Crippen molar-refractivity contribution in [3.63, 3.8) is 0 Å². The monoisotopic (exact) mass is 353 g/mol. The van der Waals surface area contributed by atoms with E-state index in [1.165, 1.54) is 0 Å². The highest BCUT2D eigenvalue weighted by Crippen LogP contribution is 2.19. The second-order valence-electron chi connectivity index (χ2n) is 6.27. The maximum atomic E-state index is 11.0. The Morgan fingerprint density at radius 3 is 2.54 bits per heavy atom. The molecule has 0 unspecified atom stereocenters. The summed E-state index contributed by atoms with van der Waals surface area (Å²) in [7, 11) is 3.92. The van der Waals surface area contributed by atoms with Crippen LogP contribution in [0.1, 0.15) is 19.8 Å². The van der Waals surface area contributed by atoms with Gasteiger partial charge in [-0.2, -0.15) is 0 Å². The molecule has 1 rings (SSSR count). The summed E-state index contributed by atoms with van der Waals surface area (Å²) >= 11 is 6.06. The van der Waals surface area contributed by atoms with Gasteiger partial charge in [-0.05, 0) is 49.6 Å². The van der Waals surface area contributed by atoms with Gasteiger partial charge in [0.2, 0.25) is 0 Å². The van der Waals surface area contributed by atoms with E-state index >= 15 is 0 Å². The average molecular weight is 354 g/mol. The molecular weight excluding hydrogens is 326 g/mol. The Morgan fingerprint density at radius 2 is 2.00 bits per heavy atom. The first-order chi connectivity index (χ1) is 11.4. The fourth-order valence-electron chi connectivity index (χ4n) is 2.63. The maximum absolute atomic E-state index is 11.0. The van der Waals surface area contributed by atoms with E-state index in [1.54, 1.807) is 6.92 Å². The van der Waals surface area contributed by atoms with E-state index in [-0.39, 0.29) is 0 Å². The second kappa shape index (κ2) is 11.0. The van der Waals surface area contributed by atoms with Crippen LogP contribution in [0, 0.1) is 5.92 Å². The highest BCUT2D eigenvalue weighted by Gasteiger charge is 2.17. The van der Waals surface area contributed by atoms with Gasteiger partial charge in [0.25, 0.3) is 0 Å². The molecule has 24 heavy (non-hydrogen) atoms. The van der Waals surface area contributed by atoms with Crippen LogP contribution in [0.5, 0.6) is 0 Å². The molecule has 0 aromatic carbocycles. The van der Waals surface area contributed by atoms with Gasteiger partial charge >= 0.3 is 0 Å². The Kier molecular flexibility index (Phi) is 9.42. The first kappa shape index (κ1) is 20.5. The van der Waals surface area contributed by atoms with Gasteiger partial charge in [-0.15, -0.1) is 0 Å². The van der Waals surface area contributed by atoms with E-state index in [1.807, 2.05) is 37.5 Å². The summed E-state index contributed by atoms with van der Waals surface area (Å²) in [4.78, 5) is 18.8. The number of halogens is 1. The van der Waals surface area contributed by atoms with Crippen LogP contribution < -0.4 is 0 Å². The summed E-state index contributed by atoms with van der Waals surface area (Å²) in [5, 5.41) is 0.363. The normalized spacial score (nSPS) is 17.6. The molecule has 0 aliphatic carbocycles. The Morgan fingerprint density at radius 1 is 1.33 bits per heavy atom. The molecule has 0 atom stereocenters. The summed E-state index contributed by atoms with van der Waals surface area (Å²) in [6.07, 6.45) is 8.66. The molecule has 0 saturated carbocycles. The maximum Gasteiger partial charge on any atom is 0.145 e. The lowest BCUT2D eigenvalue weighted by Crippen LogP contribution is -2.30. The lowest BCUT2D eigenvalue weighted by atomic mass is 9.99. The predicted molar refractivity (Wildman–Crippen MR) is 100 cm³/mol. The standard InChI is InChI=1S/C18H28ClN3O2/c1-15(14-23)9-17(10-21(3)4)12-22(13-18(19)20-2)11-16-5-7-24-8-6-16/h9-10,13-14,16H,2,5-8,11-12H2,1,3-4H3/b15-9-,17-10+,18-13-. The zero-order valence-electron chi connectivity index (χ0n) is 14.9. The molecule has 1 heterocycles. The number of nitrogens with zero attached hydrogens (tertiary/aromatic N) is 3. The van der Waals surface area contributed by atoms with Crippen molar-refractivity contribution in [2.45, 2.75) is 19.8 Å². The van der Waals surface area contributed by atoms with Crippen LogP contribution in [0.3, 0.4) is 0 Å². The highest BCUT2D eigenvalue weighted by atomic mass is 35.5. The molecule has 0 bridgehead atoms. The van der Waals surface area contributed by atoms with Crippen molar-refractivity contribution >= 4 is 24.6 Å². The molecule has 6 heteroatoms. The highest BCUT2D eigenvalue weighted by molar-refractivity contribution is 6.29. The molecule has 1 aliphatic rings. The van der Waals surface area contributed by atoms with E-state index in [4.69, 9.17) is 16.3 Å². The predicted octanol–water partition coefficient (Wildman–Crippen LogP) is 3.04. The number of aliphatic imine (C=N–C) groups is 1. The Hall–Kier alpha value is -1.59. The van der Waals surface area contributed by atoms with Crippen LogP contribution in [0.2, 0.25) is 0 Å². The summed E-state index contributed by atoms with van der Waals surface area (Å²) in [6.45, 7) is 8.40. The van der Waals surface area contributed by atoms with Gasteiger partial charge in [0.05, 0.1) is 0 Å². The Bertz CT molecular complexity index is 506. The van der Waals surface area contributed by atoms with E-state index in [0.29, 0.717) is 23.2 Å². The molecule has 5 nitrogen and oxygen atoms in total. The van der Waals surface area contributed by atoms with Gasteiger partial charge in [-0.25, -0.2) is 0 Å². The lowest BCUT2D eigenvalue weighted by Gasteiger charge is -2.29. The van der Waals surface area contributed by atoms with E-state index in [2.05, 4.69) is 16.6 Å². The summed E-state index contributed by atoms with van der Waals surface area (Å²) in [5.74, 6) is 0.557. The minimum atomic E-state index is 0.363. The van der Waals surface area contributed by atoms with Crippen LogP contribution in [0.4, 0.5) is 0 Å². The molecule has 134 valence electrons. The minimum absolute atomic E-state index is 0.363. The van der Waals surface area contributed by atoms with Gasteiger partial charge in [0.15, 0.2) is 0 Å². The molecule has 0 spiro atoms. The summed E-state index contributed by atoms with van der Waals surface area (Å²) in [5.41, 5.74) is 1.72. The second-order valence-corrected chi connectivity index (χ2v) is 6.66. The van der Waals surface area contributed by atoms with E-state index < -0.39 is 0 Å². The molecule has 0 radical (unpaired) electrons. The molecule has 0 amide bonds. The van der Waals surface area contributed by atoms with Crippen LogP contribution in [0.15, 0.2) is 39.8 Å². The quantitative estimate of drug-likeness (QED) is 0.210. The van der Waals surface area contributed by atoms with Crippen LogP contribution >= 0.6 is 11.6 Å². The SMILES string of the molecule is C=N/C(Cl)=C\N(CC(/C=C(/C)C=O)=C/N(C)C)CC1CCOCC1. The zero-order valence-corrected chi connectivity index (χ0v) is 15.6. The number of carbonyl (C=O) groups is 1. The minimum Gasteiger partial charge on any atom is -0.383 e. The topological polar surface area (TPSA) is 45.1 Å². The average Bonchev–Trinajstić information content (AvgIpc) is 2.54. The van der Waals surface area contributed by atoms with Crippen molar-refractivity contribution in [2.24, 2.45) is 10.9 Å². The van der Waals surface area contributed by atoms with Crippen LogP contribution in [0.25, 0.3) is 0 Å². The van der Waals surface area contributed by atoms with E-state index in [9.17, 15) is 4.79 Å². The molecule has 1 aliphatic heterocycles. The van der Waals surface area contributed by atoms with Gasteiger partial charge in [0.1, 0.15) is 11.4 Å². The van der Waals surface area contributed by atoms with Crippen molar-refractivity contribution in [1.29, 1.82) is 0 Å². The van der Waals surface area contributed by atoms with Gasteiger partial charge in [0, 0.05) is 52.8 Å². The number of rotatable bonds is 9. The number of allylic oxidation sites excluding steroid dienone is 1. The van der Waals surface area contributed by atoms with Crippen LogP contribution in [-0.4, -0.2) is 63.2 Å². The van der Waals surface area contributed by atoms with Gasteiger partial charge in [-0.1, -0.05) is 11.6 Å². The molecule has 1 fully saturated rings. The molecule has 0 aromatic heterocycles. The number of ether oxygens (including phenoxy) is 1. The number of hydrogen-bond donors (Lipinski definition) is 0. The first-order valence-electron chi connectivity index (χ1n) is 8.11. The number of carbonyl (C=O) groups excluding carboxylic acids is 1. The van der Waals surface area contributed by atoms with Crippen molar-refractivity contribution in [3.05, 3.63) is 34.8 Å². The van der Waals surface area contributed by atoms with Gasteiger partial charge in [-0.3, -0.25) is 9.79 Å². The fourth-order valence-corrected chi connectivity index (χ4v) is 2.77. The van der Waals surface area contributed by atoms with Crippen LogP contribution in [-0.2, 0) is 9.53 Å². The number of hydrogen-bond acceptors (Lipinski definition) is 5. The van der Waals surface area contributed by atoms with Crippen molar-refractivity contribution < 1.29 is 9.53 Å². The Balaban J connectivity index is 2.93. The first-order valence-corrected chi connectivity index (χ1v) is 8.48. The largest absolute Gasteiger partial charge is 0.383 e. The Labute approximate surface area is 150 Å². The van der Waals surface area contributed by atoms with Crippen molar-refractivity contribution in [2.75, 3.05) is 40.4 Å². The third kappa shape index (κ3) is 8.31. The lowest BCUT2D eigenvalue weighted by molar-refractivity contribution is -0.104. The van der Waals surface area contributed by atoms with E-state index in [0.717, 1.165) is 44.5 Å². The third-order valence-corrected chi connectivity index (χ3v) is 3.90. The number of aldehydes is 1. The third-order valence-electron chi connectivity index (χ3n) is 3.68. The summed E-state index contributed by atoms with van der Waals surface area (Å²) in [6, 6.07) is 0. The van der Waals surface area contributed by atoms with Gasteiger partial charge < -0.3 is 14.5 Å². The van der Waals surface area contributed by atoms with Crippen molar-refractivity contribution in [1.82, 2.24) is 9.80 Å². The van der Waals surface area contributed by atoms with Crippen molar-refractivity contribution in [3.8, 4) is 0 Å². The molecular formula is C18H28ClN3O2. The zero-order chi connectivity index (χ0) is 17.9. The molecule has 0 aromatic rings. The smallest absolute Gasteiger partial charge is 0.145 e. The molecule has 1 saturated heterocycles. The molecule has 0 N–H and O–H groups in total. The summed E-state index contributed by atoms with van der Waals surface area (Å²) < 4.78 is 5.43.